The predicted octanol–water partition coefficient (Wildman–Crippen LogP) is 0.841. The van der Waals surface area contributed by atoms with Gasteiger partial charge in [-0.2, -0.15) is 0 Å². The molecular formula is C21H34ClN5O4S. The average molecular weight is 488 g/mol. The number of aromatic nitrogens is 1. The van der Waals surface area contributed by atoms with Gasteiger partial charge in [-0.25, -0.2) is 12.7 Å². The lowest BCUT2D eigenvalue weighted by Crippen LogP contribution is -2.44. The molecule has 3 saturated heterocycles. The van der Waals surface area contributed by atoms with Crippen LogP contribution >= 0.6 is 12.4 Å². The molecule has 0 spiro atoms. The molecule has 0 aliphatic carbocycles. The number of halogens is 1. The first-order chi connectivity index (χ1) is 14.6. The molecule has 3 atom stereocenters. The maximum absolute atomic E-state index is 13.4. The zero-order chi connectivity index (χ0) is 22.5. The number of amides is 2. The number of nitrogens with zero attached hydrogens (tertiary/aromatic N) is 4. The fourth-order valence-corrected chi connectivity index (χ4v) is 6.50. The maximum atomic E-state index is 13.4. The van der Waals surface area contributed by atoms with Gasteiger partial charge < -0.3 is 14.8 Å². The molecule has 3 fully saturated rings. The summed E-state index contributed by atoms with van der Waals surface area (Å²) in [4.78, 5) is 36.0. The summed E-state index contributed by atoms with van der Waals surface area (Å²) in [7, 11) is -1.55. The number of hydrogen-bond donors (Lipinski definition) is 1. The van der Waals surface area contributed by atoms with Crippen molar-refractivity contribution in [1.82, 2.24) is 24.0 Å². The van der Waals surface area contributed by atoms with E-state index in [-0.39, 0.29) is 30.1 Å². The highest BCUT2D eigenvalue weighted by molar-refractivity contribution is 7.88. The summed E-state index contributed by atoms with van der Waals surface area (Å²) in [6.45, 7) is 9.09. The number of fused-ring (bicyclic) bond motifs is 1. The molecule has 32 heavy (non-hydrogen) atoms. The van der Waals surface area contributed by atoms with Crippen LogP contribution in [0.5, 0.6) is 0 Å². The molecule has 11 heteroatoms. The molecular weight excluding hydrogens is 454 g/mol. The third kappa shape index (κ3) is 4.55. The number of aromatic amines is 1. The van der Waals surface area contributed by atoms with Crippen LogP contribution in [-0.2, 0) is 21.4 Å². The summed E-state index contributed by atoms with van der Waals surface area (Å²) in [6.07, 6.45) is 1.55. The highest BCUT2D eigenvalue weighted by Gasteiger charge is 2.58. The Morgan fingerprint density at radius 2 is 1.81 bits per heavy atom. The summed E-state index contributed by atoms with van der Waals surface area (Å²) in [5.74, 6) is -1.11. The average Bonchev–Trinajstić information content (AvgIpc) is 3.36. The highest BCUT2D eigenvalue weighted by atomic mass is 35.5. The molecule has 3 aliphatic heterocycles. The fraction of sp³-hybridized carbons (Fsp3) is 0.714. The fourth-order valence-electron chi connectivity index (χ4n) is 5.33. The Bertz CT molecular complexity index is 957. The molecule has 4 heterocycles. The van der Waals surface area contributed by atoms with Gasteiger partial charge in [0.1, 0.15) is 5.69 Å². The van der Waals surface area contributed by atoms with E-state index in [1.165, 1.54) is 0 Å². The van der Waals surface area contributed by atoms with E-state index in [0.717, 1.165) is 49.0 Å². The van der Waals surface area contributed by atoms with Crippen molar-refractivity contribution in [3.05, 3.63) is 23.5 Å². The topological polar surface area (TPSA) is 97.0 Å². The zero-order valence-electron chi connectivity index (χ0n) is 19.2. The molecule has 0 radical (unpaired) electrons. The SMILES string of the molecule is CC(C)[C@@H]1C(=O)N(S(C)(=O)=O)[C@@H]2CCN(C(=O)c3ccc(CN4CCN(C)CC4)[nH]3)[C@H]21.Cl. The van der Waals surface area contributed by atoms with E-state index < -0.39 is 28.0 Å². The number of likely N-dealkylation sites (N-methyl/N-ethyl adjacent to an activating group) is 1. The van der Waals surface area contributed by atoms with Crippen molar-refractivity contribution < 1.29 is 18.0 Å². The molecule has 0 saturated carbocycles. The number of piperazine rings is 1. The van der Waals surface area contributed by atoms with Gasteiger partial charge in [-0.15, -0.1) is 12.4 Å². The molecule has 0 bridgehead atoms. The van der Waals surface area contributed by atoms with Gasteiger partial charge in [-0.05, 0) is 31.5 Å². The van der Waals surface area contributed by atoms with E-state index in [1.54, 1.807) is 11.0 Å². The van der Waals surface area contributed by atoms with Crippen LogP contribution in [0.25, 0.3) is 0 Å². The normalized spacial score (nSPS) is 27.2. The lowest BCUT2D eigenvalue weighted by atomic mass is 9.88. The van der Waals surface area contributed by atoms with E-state index in [0.29, 0.717) is 18.7 Å². The second-order valence-corrected chi connectivity index (χ2v) is 11.3. The van der Waals surface area contributed by atoms with Crippen molar-refractivity contribution >= 4 is 34.2 Å². The molecule has 1 aromatic rings. The van der Waals surface area contributed by atoms with Gasteiger partial charge in [0.2, 0.25) is 15.9 Å². The summed E-state index contributed by atoms with van der Waals surface area (Å²) >= 11 is 0. The number of carbonyl (C=O) groups is 2. The Hall–Kier alpha value is -1.62. The summed E-state index contributed by atoms with van der Waals surface area (Å²) in [6, 6.07) is 2.86. The van der Waals surface area contributed by atoms with Gasteiger partial charge in [0.05, 0.1) is 24.3 Å². The van der Waals surface area contributed by atoms with Gasteiger partial charge >= 0.3 is 0 Å². The van der Waals surface area contributed by atoms with Crippen LogP contribution in [0.3, 0.4) is 0 Å². The van der Waals surface area contributed by atoms with Crippen molar-refractivity contribution in [2.45, 2.75) is 38.9 Å². The van der Waals surface area contributed by atoms with Crippen molar-refractivity contribution in [2.24, 2.45) is 11.8 Å². The second kappa shape index (κ2) is 9.32. The Morgan fingerprint density at radius 3 is 2.41 bits per heavy atom. The Labute approximate surface area is 196 Å². The van der Waals surface area contributed by atoms with Crippen LogP contribution in [0.15, 0.2) is 12.1 Å². The van der Waals surface area contributed by atoms with Gasteiger partial charge in [0.15, 0.2) is 0 Å². The first kappa shape index (κ1) is 25.0. The zero-order valence-corrected chi connectivity index (χ0v) is 20.8. The van der Waals surface area contributed by atoms with Crippen LogP contribution in [0.1, 0.15) is 36.5 Å². The number of rotatable bonds is 5. The molecule has 3 aliphatic rings. The van der Waals surface area contributed by atoms with Gasteiger partial charge in [-0.1, -0.05) is 13.8 Å². The monoisotopic (exact) mass is 487 g/mol. The molecule has 4 rings (SSSR count). The van der Waals surface area contributed by atoms with E-state index in [1.807, 2.05) is 19.9 Å². The minimum absolute atomic E-state index is 0. The number of sulfonamides is 1. The van der Waals surface area contributed by atoms with E-state index >= 15 is 0 Å². The summed E-state index contributed by atoms with van der Waals surface area (Å²) in [5.41, 5.74) is 1.49. The van der Waals surface area contributed by atoms with Crippen LogP contribution in [0.2, 0.25) is 0 Å². The Kier molecular flexibility index (Phi) is 7.29. The van der Waals surface area contributed by atoms with Crippen molar-refractivity contribution in [3.63, 3.8) is 0 Å². The molecule has 180 valence electrons. The van der Waals surface area contributed by atoms with E-state index in [2.05, 4.69) is 21.8 Å². The van der Waals surface area contributed by atoms with Crippen LogP contribution in [-0.4, -0.2) is 102 Å². The van der Waals surface area contributed by atoms with Crippen LogP contribution in [0.4, 0.5) is 0 Å². The maximum Gasteiger partial charge on any atom is 0.270 e. The van der Waals surface area contributed by atoms with Gasteiger partial charge in [-0.3, -0.25) is 14.5 Å². The lowest BCUT2D eigenvalue weighted by Gasteiger charge is -2.32. The minimum atomic E-state index is -3.67. The molecule has 1 N–H and O–H groups in total. The van der Waals surface area contributed by atoms with Gasteiger partial charge in [0.25, 0.3) is 5.91 Å². The first-order valence-corrected chi connectivity index (χ1v) is 12.9. The van der Waals surface area contributed by atoms with Crippen molar-refractivity contribution in [2.75, 3.05) is 46.0 Å². The first-order valence-electron chi connectivity index (χ1n) is 11.0. The third-order valence-electron chi connectivity index (χ3n) is 6.89. The Morgan fingerprint density at radius 1 is 1.16 bits per heavy atom. The van der Waals surface area contributed by atoms with E-state index in [4.69, 9.17) is 0 Å². The predicted molar refractivity (Wildman–Crippen MR) is 124 cm³/mol. The molecule has 0 aromatic carbocycles. The highest BCUT2D eigenvalue weighted by Crippen LogP contribution is 2.41. The third-order valence-corrected chi connectivity index (χ3v) is 8.06. The van der Waals surface area contributed by atoms with Crippen LogP contribution < -0.4 is 0 Å². The minimum Gasteiger partial charge on any atom is -0.353 e. The standard InChI is InChI=1S/C21H33N5O4S.ClH/c1-14(2)18-19-17(26(21(18)28)31(4,29)30)7-8-25(19)20(27)16-6-5-15(22-16)13-24-11-9-23(3)10-12-24;/h5-6,14,17-19,22H,7-13H2,1-4H3;1H/t17-,18+,19-;/m1./s1. The number of hydrogen-bond acceptors (Lipinski definition) is 6. The second-order valence-electron chi connectivity index (χ2n) is 9.49. The summed E-state index contributed by atoms with van der Waals surface area (Å²) in [5, 5.41) is 0. The van der Waals surface area contributed by atoms with E-state index in [9.17, 15) is 18.0 Å². The largest absolute Gasteiger partial charge is 0.353 e. The smallest absolute Gasteiger partial charge is 0.270 e. The molecule has 9 nitrogen and oxygen atoms in total. The molecule has 2 amide bonds. The van der Waals surface area contributed by atoms with Crippen molar-refractivity contribution in [3.8, 4) is 0 Å². The van der Waals surface area contributed by atoms with Crippen LogP contribution in [0, 0.1) is 11.8 Å². The summed E-state index contributed by atoms with van der Waals surface area (Å²) < 4.78 is 25.6. The molecule has 1 aromatic heterocycles. The van der Waals surface area contributed by atoms with Crippen molar-refractivity contribution in [1.29, 1.82) is 0 Å². The molecule has 0 unspecified atom stereocenters. The number of H-pyrrole nitrogens is 1. The Balaban J connectivity index is 0.00000289. The quantitative estimate of drug-likeness (QED) is 0.661. The van der Waals surface area contributed by atoms with Gasteiger partial charge in [0, 0.05) is 45.0 Å². The number of nitrogens with one attached hydrogen (secondary N) is 1. The number of likely N-dealkylation sites (tertiary alicyclic amines) is 1. The lowest BCUT2D eigenvalue weighted by molar-refractivity contribution is -0.129. The number of carbonyl (C=O) groups excluding carboxylic acids is 2.